The van der Waals surface area contributed by atoms with Crippen LogP contribution in [-0.2, 0) is 6.54 Å². The quantitative estimate of drug-likeness (QED) is 0.815. The molecule has 0 fully saturated rings. The molecule has 0 aliphatic carbocycles. The van der Waals surface area contributed by atoms with Crippen LogP contribution in [0.25, 0.3) is 0 Å². The zero-order valence-corrected chi connectivity index (χ0v) is 10.9. The summed E-state index contributed by atoms with van der Waals surface area (Å²) in [6, 6.07) is 0. The van der Waals surface area contributed by atoms with Crippen LogP contribution in [0.2, 0.25) is 0 Å². The molecule has 4 nitrogen and oxygen atoms in total. The molecule has 0 N–H and O–H groups in total. The Labute approximate surface area is 100 Å². The molecule has 0 bridgehead atoms. The number of hydrogen-bond donors (Lipinski definition) is 0. The van der Waals surface area contributed by atoms with Crippen LogP contribution in [0.5, 0.6) is 0 Å². The number of rotatable bonds is 3. The van der Waals surface area contributed by atoms with E-state index in [9.17, 15) is 0 Å². The lowest BCUT2D eigenvalue weighted by atomic mass is 10.4. The van der Waals surface area contributed by atoms with Crippen LogP contribution >= 0.6 is 27.3 Å². The molecule has 0 saturated heterocycles. The average molecular weight is 287 g/mol. The monoisotopic (exact) mass is 286 g/mol. The highest BCUT2D eigenvalue weighted by Crippen LogP contribution is 2.18. The maximum Gasteiger partial charge on any atom is 0.0960 e. The molecule has 15 heavy (non-hydrogen) atoms. The zero-order valence-electron chi connectivity index (χ0n) is 8.51. The van der Waals surface area contributed by atoms with Gasteiger partial charge in [-0.15, -0.1) is 16.4 Å². The number of alkyl halides is 1. The van der Waals surface area contributed by atoms with Crippen molar-refractivity contribution in [3.63, 3.8) is 0 Å². The van der Waals surface area contributed by atoms with Gasteiger partial charge < -0.3 is 0 Å². The predicted octanol–water partition coefficient (Wildman–Crippen LogP) is 2.55. The van der Waals surface area contributed by atoms with Crippen LogP contribution in [0.1, 0.15) is 28.1 Å². The Balaban J connectivity index is 2.11. The maximum atomic E-state index is 4.38. The van der Waals surface area contributed by atoms with E-state index in [0.717, 1.165) is 16.4 Å². The summed E-state index contributed by atoms with van der Waals surface area (Å²) in [5, 5.41) is 11.2. The number of halogens is 1. The van der Waals surface area contributed by atoms with Crippen molar-refractivity contribution in [2.45, 2.75) is 25.2 Å². The van der Waals surface area contributed by atoms with Crippen molar-refractivity contribution < 1.29 is 0 Å². The van der Waals surface area contributed by atoms with Gasteiger partial charge in [0.15, 0.2) is 0 Å². The first kappa shape index (κ1) is 10.8. The third-order valence-electron chi connectivity index (χ3n) is 1.95. The van der Waals surface area contributed by atoms with E-state index in [1.165, 1.54) is 0 Å². The molecule has 0 aromatic carbocycles. The SMILES string of the molecule is Cc1nc(Cn2cc(C(C)Br)nn2)cs1. The summed E-state index contributed by atoms with van der Waals surface area (Å²) in [5.41, 5.74) is 1.98. The molecule has 0 amide bonds. The van der Waals surface area contributed by atoms with Crippen molar-refractivity contribution >= 4 is 27.3 Å². The van der Waals surface area contributed by atoms with E-state index in [1.54, 1.807) is 11.3 Å². The number of thiazole rings is 1. The Morgan fingerprint density at radius 3 is 2.93 bits per heavy atom. The Bertz CT molecular complexity index is 448. The van der Waals surface area contributed by atoms with Gasteiger partial charge in [-0.25, -0.2) is 9.67 Å². The fourth-order valence-electron chi connectivity index (χ4n) is 1.22. The Hall–Kier alpha value is -0.750. The standard InChI is InChI=1S/C9H11BrN4S/c1-6(10)9-4-14(13-12-9)3-8-5-15-7(2)11-8/h4-6H,3H2,1-2H3. The summed E-state index contributed by atoms with van der Waals surface area (Å²) >= 11 is 5.11. The second kappa shape index (κ2) is 4.40. The summed E-state index contributed by atoms with van der Waals surface area (Å²) in [4.78, 5) is 4.62. The van der Waals surface area contributed by atoms with Crippen LogP contribution in [-0.4, -0.2) is 20.0 Å². The highest BCUT2D eigenvalue weighted by atomic mass is 79.9. The normalized spacial score (nSPS) is 13.0. The number of aromatic nitrogens is 4. The second-order valence-corrected chi connectivity index (χ2v) is 5.75. The van der Waals surface area contributed by atoms with Crippen molar-refractivity contribution in [2.24, 2.45) is 0 Å². The van der Waals surface area contributed by atoms with Crippen molar-refractivity contribution in [3.8, 4) is 0 Å². The number of hydrogen-bond acceptors (Lipinski definition) is 4. The van der Waals surface area contributed by atoms with Crippen LogP contribution in [0, 0.1) is 6.92 Å². The van der Waals surface area contributed by atoms with E-state index in [2.05, 4.69) is 31.2 Å². The molecule has 1 unspecified atom stereocenters. The number of nitrogens with zero attached hydrogens (tertiary/aromatic N) is 4. The minimum absolute atomic E-state index is 0.239. The zero-order chi connectivity index (χ0) is 10.8. The molecule has 2 heterocycles. The van der Waals surface area contributed by atoms with Gasteiger partial charge in [-0.3, -0.25) is 0 Å². The molecule has 0 spiro atoms. The van der Waals surface area contributed by atoms with Gasteiger partial charge in [-0.2, -0.15) is 0 Å². The summed E-state index contributed by atoms with van der Waals surface area (Å²) in [6.07, 6.45) is 1.94. The average Bonchev–Trinajstić information content (AvgIpc) is 2.76. The van der Waals surface area contributed by atoms with E-state index >= 15 is 0 Å². The molecule has 2 rings (SSSR count). The van der Waals surface area contributed by atoms with Gasteiger partial charge in [-0.1, -0.05) is 21.1 Å². The molecule has 0 aliphatic heterocycles. The Morgan fingerprint density at radius 2 is 2.40 bits per heavy atom. The van der Waals surface area contributed by atoms with Crippen LogP contribution in [0.4, 0.5) is 0 Å². The van der Waals surface area contributed by atoms with Crippen molar-refractivity contribution in [1.29, 1.82) is 0 Å². The smallest absolute Gasteiger partial charge is 0.0960 e. The summed E-state index contributed by atoms with van der Waals surface area (Å²) in [7, 11) is 0. The molecule has 1 atom stereocenters. The highest BCUT2D eigenvalue weighted by molar-refractivity contribution is 9.09. The van der Waals surface area contributed by atoms with Crippen molar-refractivity contribution in [1.82, 2.24) is 20.0 Å². The van der Waals surface area contributed by atoms with Gasteiger partial charge in [0.1, 0.15) is 0 Å². The minimum atomic E-state index is 0.239. The van der Waals surface area contributed by atoms with Gasteiger partial charge in [0, 0.05) is 5.38 Å². The fourth-order valence-corrected chi connectivity index (χ4v) is 2.03. The van der Waals surface area contributed by atoms with E-state index in [0.29, 0.717) is 6.54 Å². The van der Waals surface area contributed by atoms with E-state index in [-0.39, 0.29) is 4.83 Å². The first-order chi connectivity index (χ1) is 7.15. The van der Waals surface area contributed by atoms with Crippen molar-refractivity contribution in [2.75, 3.05) is 0 Å². The van der Waals surface area contributed by atoms with Gasteiger partial charge in [0.2, 0.25) is 0 Å². The van der Waals surface area contributed by atoms with E-state index in [4.69, 9.17) is 0 Å². The third kappa shape index (κ3) is 2.63. The molecule has 6 heteroatoms. The predicted molar refractivity (Wildman–Crippen MR) is 63.3 cm³/mol. The highest BCUT2D eigenvalue weighted by Gasteiger charge is 2.07. The van der Waals surface area contributed by atoms with E-state index < -0.39 is 0 Å². The first-order valence-corrected chi connectivity index (χ1v) is 6.40. The van der Waals surface area contributed by atoms with Crippen LogP contribution < -0.4 is 0 Å². The summed E-state index contributed by atoms with van der Waals surface area (Å²) in [6.45, 7) is 4.72. The van der Waals surface area contributed by atoms with Crippen molar-refractivity contribution in [3.05, 3.63) is 28.0 Å². The molecular weight excluding hydrogens is 276 g/mol. The Kier molecular flexibility index (Phi) is 3.16. The van der Waals surface area contributed by atoms with E-state index in [1.807, 2.05) is 30.1 Å². The number of aryl methyl sites for hydroxylation is 1. The van der Waals surface area contributed by atoms with Gasteiger partial charge in [0.05, 0.1) is 34.0 Å². The van der Waals surface area contributed by atoms with Gasteiger partial charge in [0.25, 0.3) is 0 Å². The van der Waals surface area contributed by atoms with Crippen LogP contribution in [0.15, 0.2) is 11.6 Å². The lowest BCUT2D eigenvalue weighted by Gasteiger charge is -1.95. The molecule has 2 aromatic heterocycles. The van der Waals surface area contributed by atoms with Crippen LogP contribution in [0.3, 0.4) is 0 Å². The lowest BCUT2D eigenvalue weighted by Crippen LogP contribution is -2.00. The second-order valence-electron chi connectivity index (χ2n) is 3.31. The molecule has 2 aromatic rings. The third-order valence-corrected chi connectivity index (χ3v) is 3.25. The molecule has 0 aliphatic rings. The van der Waals surface area contributed by atoms with Gasteiger partial charge >= 0.3 is 0 Å². The Morgan fingerprint density at radius 1 is 1.60 bits per heavy atom. The first-order valence-electron chi connectivity index (χ1n) is 4.60. The molecule has 80 valence electrons. The molecule has 0 radical (unpaired) electrons. The lowest BCUT2D eigenvalue weighted by molar-refractivity contribution is 0.640. The molecular formula is C9H11BrN4S. The van der Waals surface area contributed by atoms with Gasteiger partial charge in [-0.05, 0) is 13.8 Å². The summed E-state index contributed by atoms with van der Waals surface area (Å²) < 4.78 is 1.81. The molecule has 0 saturated carbocycles. The maximum absolute atomic E-state index is 4.38. The minimum Gasteiger partial charge on any atom is -0.246 e. The largest absolute Gasteiger partial charge is 0.246 e. The fraction of sp³-hybridized carbons (Fsp3) is 0.444. The topological polar surface area (TPSA) is 43.6 Å². The summed E-state index contributed by atoms with van der Waals surface area (Å²) in [5.74, 6) is 0.